The molecule has 4 nitrogen and oxygen atoms in total. The molecule has 0 saturated heterocycles. The van der Waals surface area contributed by atoms with Crippen LogP contribution in [0.2, 0.25) is 5.02 Å². The number of carbonyl (C=O) groups excluding carboxylic acids is 1. The third kappa shape index (κ3) is 5.68. The fourth-order valence-electron chi connectivity index (χ4n) is 1.90. The minimum absolute atomic E-state index is 0.100. The van der Waals surface area contributed by atoms with Gasteiger partial charge in [0.1, 0.15) is 12.4 Å². The lowest BCUT2D eigenvalue weighted by Crippen LogP contribution is -2.29. The molecule has 0 radical (unpaired) electrons. The van der Waals surface area contributed by atoms with Gasteiger partial charge in [-0.25, -0.2) is 0 Å². The van der Waals surface area contributed by atoms with Gasteiger partial charge in [-0.1, -0.05) is 42.5 Å². The van der Waals surface area contributed by atoms with Gasteiger partial charge in [0.15, 0.2) is 0 Å². The number of benzene rings is 2. The standard InChI is InChI=1S/C18H19ClN2O2/c1-2-11-23-16-9-7-15(8-10-16)20-13-18(22)21-12-14-5-3-4-6-17(14)19/h2-10,20H,1,11-13H2,(H,21,22). The predicted octanol–water partition coefficient (Wildman–Crippen LogP) is 3.63. The van der Waals surface area contributed by atoms with Crippen molar-refractivity contribution in [2.75, 3.05) is 18.5 Å². The van der Waals surface area contributed by atoms with Crippen molar-refractivity contribution in [1.29, 1.82) is 0 Å². The molecule has 0 aromatic heterocycles. The Labute approximate surface area is 141 Å². The van der Waals surface area contributed by atoms with Gasteiger partial charge in [-0.15, -0.1) is 0 Å². The molecule has 2 aromatic rings. The van der Waals surface area contributed by atoms with Gasteiger partial charge >= 0.3 is 0 Å². The lowest BCUT2D eigenvalue weighted by Gasteiger charge is -2.09. The Morgan fingerprint density at radius 2 is 1.91 bits per heavy atom. The van der Waals surface area contributed by atoms with E-state index in [2.05, 4.69) is 17.2 Å². The summed E-state index contributed by atoms with van der Waals surface area (Å²) in [7, 11) is 0. The highest BCUT2D eigenvalue weighted by molar-refractivity contribution is 6.31. The van der Waals surface area contributed by atoms with Crippen molar-refractivity contribution < 1.29 is 9.53 Å². The average molecular weight is 331 g/mol. The second-order valence-corrected chi connectivity index (χ2v) is 5.25. The van der Waals surface area contributed by atoms with Gasteiger partial charge < -0.3 is 15.4 Å². The lowest BCUT2D eigenvalue weighted by molar-refractivity contribution is -0.119. The van der Waals surface area contributed by atoms with Gasteiger partial charge in [0.25, 0.3) is 0 Å². The third-order valence-corrected chi connectivity index (χ3v) is 3.48. The SMILES string of the molecule is C=CCOc1ccc(NCC(=O)NCc2ccccc2Cl)cc1. The van der Waals surface area contributed by atoms with Crippen LogP contribution < -0.4 is 15.4 Å². The molecule has 0 heterocycles. The first-order valence-electron chi connectivity index (χ1n) is 7.27. The summed E-state index contributed by atoms with van der Waals surface area (Å²) in [5, 5.41) is 6.53. The molecule has 0 fully saturated rings. The maximum absolute atomic E-state index is 11.9. The summed E-state index contributed by atoms with van der Waals surface area (Å²) in [5.41, 5.74) is 1.75. The highest BCUT2D eigenvalue weighted by Crippen LogP contribution is 2.16. The first-order valence-corrected chi connectivity index (χ1v) is 7.64. The largest absolute Gasteiger partial charge is 0.490 e. The van der Waals surface area contributed by atoms with Crippen LogP contribution in [0.1, 0.15) is 5.56 Å². The molecule has 0 aliphatic heterocycles. The van der Waals surface area contributed by atoms with E-state index in [-0.39, 0.29) is 12.5 Å². The summed E-state index contributed by atoms with van der Waals surface area (Å²) < 4.78 is 5.40. The molecule has 0 aliphatic rings. The van der Waals surface area contributed by atoms with Gasteiger partial charge in [0.05, 0.1) is 6.54 Å². The molecule has 0 unspecified atom stereocenters. The van der Waals surface area contributed by atoms with Crippen molar-refractivity contribution in [2.45, 2.75) is 6.54 Å². The highest BCUT2D eigenvalue weighted by Gasteiger charge is 2.03. The van der Waals surface area contributed by atoms with Gasteiger partial charge in [-0.3, -0.25) is 4.79 Å². The first kappa shape index (κ1) is 16.9. The van der Waals surface area contributed by atoms with E-state index in [1.165, 1.54) is 0 Å². The lowest BCUT2D eigenvalue weighted by atomic mass is 10.2. The summed E-state index contributed by atoms with van der Waals surface area (Å²) in [4.78, 5) is 11.9. The van der Waals surface area contributed by atoms with E-state index >= 15 is 0 Å². The van der Waals surface area contributed by atoms with Crippen molar-refractivity contribution in [3.63, 3.8) is 0 Å². The Morgan fingerprint density at radius 3 is 2.61 bits per heavy atom. The second kappa shape index (κ2) is 8.86. The molecule has 0 bridgehead atoms. The van der Waals surface area contributed by atoms with Crippen molar-refractivity contribution in [2.24, 2.45) is 0 Å². The number of nitrogens with one attached hydrogen (secondary N) is 2. The first-order chi connectivity index (χ1) is 11.2. The average Bonchev–Trinajstić information content (AvgIpc) is 2.58. The van der Waals surface area contributed by atoms with E-state index in [0.29, 0.717) is 18.2 Å². The molecular formula is C18H19ClN2O2. The summed E-state index contributed by atoms with van der Waals surface area (Å²) >= 11 is 6.05. The molecule has 120 valence electrons. The van der Waals surface area contributed by atoms with Crippen LogP contribution in [0.5, 0.6) is 5.75 Å². The molecule has 2 rings (SSSR count). The van der Waals surface area contributed by atoms with Gasteiger partial charge in [0.2, 0.25) is 5.91 Å². The van der Waals surface area contributed by atoms with Crippen LogP contribution in [0.4, 0.5) is 5.69 Å². The Morgan fingerprint density at radius 1 is 1.17 bits per heavy atom. The third-order valence-electron chi connectivity index (χ3n) is 3.11. The zero-order chi connectivity index (χ0) is 16.5. The molecule has 0 atom stereocenters. The van der Waals surface area contributed by atoms with Gasteiger partial charge in [0, 0.05) is 17.3 Å². The second-order valence-electron chi connectivity index (χ2n) is 4.85. The Hall–Kier alpha value is -2.46. The van der Waals surface area contributed by atoms with Crippen LogP contribution in [0.3, 0.4) is 0 Å². The maximum Gasteiger partial charge on any atom is 0.239 e. The Balaban J connectivity index is 1.75. The minimum Gasteiger partial charge on any atom is -0.490 e. The monoisotopic (exact) mass is 330 g/mol. The molecule has 23 heavy (non-hydrogen) atoms. The van der Waals surface area contributed by atoms with Gasteiger partial charge in [-0.2, -0.15) is 0 Å². The number of anilines is 1. The summed E-state index contributed by atoms with van der Waals surface area (Å²) in [5.74, 6) is 0.663. The van der Waals surface area contributed by atoms with Crippen LogP contribution in [-0.4, -0.2) is 19.1 Å². The van der Waals surface area contributed by atoms with E-state index < -0.39 is 0 Å². The Kier molecular flexibility index (Phi) is 6.51. The molecule has 5 heteroatoms. The smallest absolute Gasteiger partial charge is 0.239 e. The fourth-order valence-corrected chi connectivity index (χ4v) is 2.11. The molecule has 2 aromatic carbocycles. The van der Waals surface area contributed by atoms with Crippen molar-refractivity contribution in [3.8, 4) is 5.75 Å². The van der Waals surface area contributed by atoms with E-state index in [0.717, 1.165) is 17.0 Å². The van der Waals surface area contributed by atoms with Crippen molar-refractivity contribution in [3.05, 3.63) is 71.8 Å². The number of hydrogen-bond donors (Lipinski definition) is 2. The van der Waals surface area contributed by atoms with Crippen LogP contribution >= 0.6 is 11.6 Å². The van der Waals surface area contributed by atoms with Crippen LogP contribution in [-0.2, 0) is 11.3 Å². The predicted molar refractivity (Wildman–Crippen MR) is 93.9 cm³/mol. The number of carbonyl (C=O) groups is 1. The zero-order valence-electron chi connectivity index (χ0n) is 12.7. The van der Waals surface area contributed by atoms with E-state index in [1.54, 1.807) is 12.1 Å². The van der Waals surface area contributed by atoms with Crippen LogP contribution in [0.15, 0.2) is 61.2 Å². The summed E-state index contributed by atoms with van der Waals surface area (Å²) in [6.45, 7) is 4.67. The number of ether oxygens (including phenoxy) is 1. The molecule has 2 N–H and O–H groups in total. The topological polar surface area (TPSA) is 50.4 Å². The minimum atomic E-state index is -0.100. The van der Waals surface area contributed by atoms with E-state index in [9.17, 15) is 4.79 Å². The quantitative estimate of drug-likeness (QED) is 0.727. The zero-order valence-corrected chi connectivity index (χ0v) is 13.5. The summed E-state index contributed by atoms with van der Waals surface area (Å²) in [6.07, 6.45) is 1.69. The molecule has 0 aliphatic carbocycles. The fraction of sp³-hybridized carbons (Fsp3) is 0.167. The number of hydrogen-bond acceptors (Lipinski definition) is 3. The number of amides is 1. The number of rotatable bonds is 8. The van der Waals surface area contributed by atoms with Crippen molar-refractivity contribution >= 4 is 23.2 Å². The Bertz CT molecular complexity index is 656. The molecule has 0 saturated carbocycles. The van der Waals surface area contributed by atoms with Crippen molar-refractivity contribution in [1.82, 2.24) is 5.32 Å². The normalized spacial score (nSPS) is 9.96. The molecule has 1 amide bonds. The summed E-state index contributed by atoms with van der Waals surface area (Å²) in [6, 6.07) is 14.8. The highest BCUT2D eigenvalue weighted by atomic mass is 35.5. The van der Waals surface area contributed by atoms with Crippen LogP contribution in [0, 0.1) is 0 Å². The van der Waals surface area contributed by atoms with E-state index in [4.69, 9.17) is 16.3 Å². The molecular weight excluding hydrogens is 312 g/mol. The molecule has 0 spiro atoms. The van der Waals surface area contributed by atoms with E-state index in [1.807, 2.05) is 42.5 Å². The van der Waals surface area contributed by atoms with Crippen LogP contribution in [0.25, 0.3) is 0 Å². The van der Waals surface area contributed by atoms with Gasteiger partial charge in [-0.05, 0) is 35.9 Å². The number of halogens is 1. The maximum atomic E-state index is 11.9.